The summed E-state index contributed by atoms with van der Waals surface area (Å²) in [4.78, 5) is 12.7. The van der Waals surface area contributed by atoms with Gasteiger partial charge in [0.2, 0.25) is 0 Å². The minimum Gasteiger partial charge on any atom is -0.376 e. The lowest BCUT2D eigenvalue weighted by Gasteiger charge is -2.05. The van der Waals surface area contributed by atoms with E-state index in [0.29, 0.717) is 0 Å². The van der Waals surface area contributed by atoms with Crippen LogP contribution in [-0.2, 0) is 4.79 Å². The number of rotatable bonds is 5. The zero-order valence-electron chi connectivity index (χ0n) is 10.6. The van der Waals surface area contributed by atoms with Crippen molar-refractivity contribution in [3.63, 3.8) is 0 Å². The van der Waals surface area contributed by atoms with Crippen molar-refractivity contribution in [2.75, 3.05) is 11.9 Å². The Labute approximate surface area is 116 Å². The van der Waals surface area contributed by atoms with E-state index in [0.717, 1.165) is 16.3 Å². The first-order valence-electron chi connectivity index (χ1n) is 5.91. The monoisotopic (exact) mass is 273 g/mol. The highest BCUT2D eigenvalue weighted by Gasteiger charge is 2.01. The van der Waals surface area contributed by atoms with E-state index in [-0.39, 0.29) is 12.5 Å². The maximum Gasteiger partial charge on any atom is 0.259 e. The molecule has 0 spiro atoms. The minimum atomic E-state index is -0.167. The first-order chi connectivity index (χ1) is 9.25. The molecule has 0 atom stereocenters. The third-order valence-corrected chi connectivity index (χ3v) is 3.43. The molecule has 0 radical (unpaired) electrons. The molecule has 4 nitrogen and oxygen atoms in total. The lowest BCUT2D eigenvalue weighted by atomic mass is 10.3. The van der Waals surface area contributed by atoms with Gasteiger partial charge in [0.15, 0.2) is 0 Å². The molecule has 0 unspecified atom stereocenters. The van der Waals surface area contributed by atoms with Gasteiger partial charge >= 0.3 is 0 Å². The van der Waals surface area contributed by atoms with Crippen molar-refractivity contribution in [1.29, 1.82) is 0 Å². The third-order valence-electron chi connectivity index (χ3n) is 2.45. The molecule has 1 aromatic heterocycles. The predicted molar refractivity (Wildman–Crippen MR) is 79.6 cm³/mol. The Bertz CT molecular complexity index is 549. The standard InChI is InChI=1S/C14H15N3OS/c1-11(13-8-5-9-19-13)16-17-14(18)10-15-12-6-3-2-4-7-12/h2-9,15H,10H2,1H3,(H,17,18)/b16-11+. The van der Waals surface area contributed by atoms with Crippen LogP contribution in [0.3, 0.4) is 0 Å². The highest BCUT2D eigenvalue weighted by atomic mass is 32.1. The summed E-state index contributed by atoms with van der Waals surface area (Å²) in [6.07, 6.45) is 0. The minimum absolute atomic E-state index is 0.167. The lowest BCUT2D eigenvalue weighted by Crippen LogP contribution is -2.26. The van der Waals surface area contributed by atoms with Gasteiger partial charge in [0.25, 0.3) is 5.91 Å². The Hall–Kier alpha value is -2.14. The third kappa shape index (κ3) is 4.22. The number of amides is 1. The van der Waals surface area contributed by atoms with Crippen molar-refractivity contribution in [1.82, 2.24) is 5.43 Å². The summed E-state index contributed by atoms with van der Waals surface area (Å²) in [5.41, 5.74) is 4.26. The van der Waals surface area contributed by atoms with E-state index in [1.54, 1.807) is 11.3 Å². The van der Waals surface area contributed by atoms with Crippen LogP contribution in [0.25, 0.3) is 0 Å². The Morgan fingerprint density at radius 2 is 2.00 bits per heavy atom. The highest BCUT2D eigenvalue weighted by Crippen LogP contribution is 2.09. The Kier molecular flexibility index (Phi) is 4.69. The fourth-order valence-corrected chi connectivity index (χ4v) is 2.14. The topological polar surface area (TPSA) is 53.5 Å². The summed E-state index contributed by atoms with van der Waals surface area (Å²) in [6, 6.07) is 13.5. The van der Waals surface area contributed by atoms with Gasteiger partial charge in [-0.15, -0.1) is 11.3 Å². The first kappa shape index (κ1) is 13.3. The molecule has 1 aromatic carbocycles. The van der Waals surface area contributed by atoms with Crippen LogP contribution in [0.5, 0.6) is 0 Å². The first-order valence-corrected chi connectivity index (χ1v) is 6.79. The zero-order valence-corrected chi connectivity index (χ0v) is 11.4. The van der Waals surface area contributed by atoms with Crippen molar-refractivity contribution in [3.8, 4) is 0 Å². The molecular weight excluding hydrogens is 258 g/mol. The fraction of sp³-hybridized carbons (Fsp3) is 0.143. The number of hydrazone groups is 1. The molecule has 0 fully saturated rings. The summed E-state index contributed by atoms with van der Waals surface area (Å²) in [7, 11) is 0. The van der Waals surface area contributed by atoms with Crippen LogP contribution in [0, 0.1) is 0 Å². The van der Waals surface area contributed by atoms with Gasteiger partial charge in [-0.2, -0.15) is 5.10 Å². The maximum absolute atomic E-state index is 11.6. The molecule has 0 saturated heterocycles. The van der Waals surface area contributed by atoms with Gasteiger partial charge in [0.1, 0.15) is 0 Å². The van der Waals surface area contributed by atoms with Crippen LogP contribution in [0.4, 0.5) is 5.69 Å². The van der Waals surface area contributed by atoms with Crippen LogP contribution in [0.2, 0.25) is 0 Å². The summed E-state index contributed by atoms with van der Waals surface area (Å²) in [5.74, 6) is -0.167. The SMILES string of the molecule is C/C(=N\NC(=O)CNc1ccccc1)c1cccs1. The van der Waals surface area contributed by atoms with E-state index in [1.807, 2.05) is 54.8 Å². The summed E-state index contributed by atoms with van der Waals surface area (Å²) >= 11 is 1.60. The van der Waals surface area contributed by atoms with Crippen LogP contribution in [0.1, 0.15) is 11.8 Å². The number of hydrogen-bond acceptors (Lipinski definition) is 4. The molecule has 2 rings (SSSR count). The predicted octanol–water partition coefficient (Wildman–Crippen LogP) is 2.70. The van der Waals surface area contributed by atoms with Gasteiger partial charge < -0.3 is 5.32 Å². The largest absolute Gasteiger partial charge is 0.376 e. The van der Waals surface area contributed by atoms with Crippen molar-refractivity contribution in [2.24, 2.45) is 5.10 Å². The van der Waals surface area contributed by atoms with E-state index in [2.05, 4.69) is 15.8 Å². The summed E-state index contributed by atoms with van der Waals surface area (Å²) < 4.78 is 0. The molecule has 2 aromatic rings. The Morgan fingerprint density at radius 3 is 2.68 bits per heavy atom. The number of benzene rings is 1. The average molecular weight is 273 g/mol. The molecule has 0 saturated carbocycles. The van der Waals surface area contributed by atoms with Crippen LogP contribution in [0.15, 0.2) is 52.9 Å². The van der Waals surface area contributed by atoms with E-state index < -0.39 is 0 Å². The molecule has 1 amide bonds. The molecule has 2 N–H and O–H groups in total. The van der Waals surface area contributed by atoms with E-state index in [4.69, 9.17) is 0 Å². The van der Waals surface area contributed by atoms with Gasteiger partial charge in [-0.05, 0) is 30.5 Å². The smallest absolute Gasteiger partial charge is 0.259 e. The van der Waals surface area contributed by atoms with E-state index >= 15 is 0 Å². The molecule has 98 valence electrons. The second kappa shape index (κ2) is 6.70. The molecule has 1 heterocycles. The van der Waals surface area contributed by atoms with Crippen molar-refractivity contribution in [2.45, 2.75) is 6.92 Å². The number of nitrogens with one attached hydrogen (secondary N) is 2. The van der Waals surface area contributed by atoms with Gasteiger partial charge in [-0.3, -0.25) is 4.79 Å². The average Bonchev–Trinajstić information content (AvgIpc) is 2.98. The molecule has 19 heavy (non-hydrogen) atoms. The molecule has 5 heteroatoms. The number of carbonyl (C=O) groups excluding carboxylic acids is 1. The Balaban J connectivity index is 1.80. The van der Waals surface area contributed by atoms with Crippen LogP contribution < -0.4 is 10.7 Å². The van der Waals surface area contributed by atoms with Crippen molar-refractivity contribution in [3.05, 3.63) is 52.7 Å². The lowest BCUT2D eigenvalue weighted by molar-refractivity contribution is -0.119. The van der Waals surface area contributed by atoms with Crippen molar-refractivity contribution >= 4 is 28.6 Å². The van der Waals surface area contributed by atoms with Gasteiger partial charge in [-0.25, -0.2) is 5.43 Å². The number of carbonyl (C=O) groups is 1. The molecule has 0 aliphatic carbocycles. The number of para-hydroxylation sites is 1. The second-order valence-electron chi connectivity index (χ2n) is 3.93. The Morgan fingerprint density at radius 1 is 1.21 bits per heavy atom. The highest BCUT2D eigenvalue weighted by molar-refractivity contribution is 7.12. The quantitative estimate of drug-likeness (QED) is 0.650. The van der Waals surface area contributed by atoms with Crippen LogP contribution in [-0.4, -0.2) is 18.2 Å². The number of hydrogen-bond donors (Lipinski definition) is 2. The normalized spacial score (nSPS) is 11.1. The second-order valence-corrected chi connectivity index (χ2v) is 4.88. The van der Waals surface area contributed by atoms with Gasteiger partial charge in [0.05, 0.1) is 12.3 Å². The summed E-state index contributed by atoms with van der Waals surface area (Å²) in [5, 5.41) is 9.07. The zero-order chi connectivity index (χ0) is 13.5. The van der Waals surface area contributed by atoms with E-state index in [1.165, 1.54) is 0 Å². The number of anilines is 1. The molecular formula is C14H15N3OS. The fourth-order valence-electron chi connectivity index (χ4n) is 1.46. The van der Waals surface area contributed by atoms with E-state index in [9.17, 15) is 4.79 Å². The maximum atomic E-state index is 11.6. The molecule has 0 aliphatic rings. The summed E-state index contributed by atoms with van der Waals surface area (Å²) in [6.45, 7) is 2.07. The molecule has 0 bridgehead atoms. The number of nitrogens with zero attached hydrogens (tertiary/aromatic N) is 1. The molecule has 0 aliphatic heterocycles. The van der Waals surface area contributed by atoms with Gasteiger partial charge in [0, 0.05) is 10.6 Å². The van der Waals surface area contributed by atoms with Gasteiger partial charge in [-0.1, -0.05) is 24.3 Å². The van der Waals surface area contributed by atoms with Crippen LogP contribution >= 0.6 is 11.3 Å². The number of thiophene rings is 1. The van der Waals surface area contributed by atoms with Crippen molar-refractivity contribution < 1.29 is 4.79 Å².